The molecule has 0 spiro atoms. The Morgan fingerprint density at radius 1 is 1.19 bits per heavy atom. The number of anilines is 1. The molecule has 1 saturated heterocycles. The molecule has 0 radical (unpaired) electrons. The zero-order valence-corrected chi connectivity index (χ0v) is 15.3. The van der Waals surface area contributed by atoms with Crippen molar-refractivity contribution < 1.29 is 19.0 Å². The summed E-state index contributed by atoms with van der Waals surface area (Å²) in [6.07, 6.45) is 4.36. The van der Waals surface area contributed by atoms with E-state index in [1.807, 2.05) is 23.1 Å². The molecule has 2 amide bonds. The summed E-state index contributed by atoms with van der Waals surface area (Å²) in [7, 11) is 1.56. The van der Waals surface area contributed by atoms with Crippen LogP contribution in [-0.2, 0) is 0 Å². The molecule has 2 aliphatic rings. The van der Waals surface area contributed by atoms with Crippen LogP contribution in [0.2, 0.25) is 0 Å². The highest BCUT2D eigenvalue weighted by Gasteiger charge is 2.31. The maximum absolute atomic E-state index is 12.8. The maximum Gasteiger partial charge on any atom is 0.322 e. The van der Waals surface area contributed by atoms with Crippen molar-refractivity contribution in [2.45, 2.75) is 25.3 Å². The van der Waals surface area contributed by atoms with Crippen LogP contribution in [0.1, 0.15) is 30.9 Å². The van der Waals surface area contributed by atoms with E-state index >= 15 is 0 Å². The molecule has 0 aliphatic carbocycles. The number of nitrogens with one attached hydrogen (secondary N) is 1. The van der Waals surface area contributed by atoms with Gasteiger partial charge in [0, 0.05) is 19.0 Å². The van der Waals surface area contributed by atoms with Gasteiger partial charge in [0.1, 0.15) is 0 Å². The smallest absolute Gasteiger partial charge is 0.322 e. The Morgan fingerprint density at radius 2 is 2.04 bits per heavy atom. The Kier molecular flexibility index (Phi) is 5.00. The largest absolute Gasteiger partial charge is 0.490 e. The molecule has 1 aromatic carbocycles. The number of pyridine rings is 1. The number of urea groups is 1. The summed E-state index contributed by atoms with van der Waals surface area (Å²) in [4.78, 5) is 18.8. The lowest BCUT2D eigenvalue weighted by Crippen LogP contribution is -2.34. The number of rotatable bonds is 3. The first-order valence-corrected chi connectivity index (χ1v) is 9.22. The standard InChI is InChI=1S/C20H23N3O4/c1-25-19-8-6-15(13-21-19)22-20(24)23-9-2-4-16(23)14-5-7-17-18(12-14)27-11-3-10-26-17/h5-8,12-13,16H,2-4,9-11H2,1H3,(H,22,24)/t16-/m0/s1. The number of hydrogen-bond acceptors (Lipinski definition) is 5. The second kappa shape index (κ2) is 7.73. The van der Waals surface area contributed by atoms with Crippen molar-refractivity contribution in [1.82, 2.24) is 9.88 Å². The molecule has 27 heavy (non-hydrogen) atoms. The van der Waals surface area contributed by atoms with Gasteiger partial charge in [0.15, 0.2) is 11.5 Å². The van der Waals surface area contributed by atoms with E-state index in [1.54, 1.807) is 25.4 Å². The lowest BCUT2D eigenvalue weighted by atomic mass is 10.0. The zero-order valence-electron chi connectivity index (χ0n) is 15.3. The van der Waals surface area contributed by atoms with Gasteiger partial charge in [-0.25, -0.2) is 9.78 Å². The van der Waals surface area contributed by atoms with Crippen LogP contribution in [0.25, 0.3) is 0 Å². The maximum atomic E-state index is 12.8. The van der Waals surface area contributed by atoms with E-state index in [1.165, 1.54) is 0 Å². The van der Waals surface area contributed by atoms with E-state index in [-0.39, 0.29) is 12.1 Å². The number of likely N-dealkylation sites (tertiary alicyclic amines) is 1. The van der Waals surface area contributed by atoms with Gasteiger partial charge >= 0.3 is 6.03 Å². The van der Waals surface area contributed by atoms with Gasteiger partial charge in [0.25, 0.3) is 0 Å². The minimum Gasteiger partial charge on any atom is -0.490 e. The van der Waals surface area contributed by atoms with Crippen molar-refractivity contribution >= 4 is 11.7 Å². The second-order valence-corrected chi connectivity index (χ2v) is 6.63. The van der Waals surface area contributed by atoms with Gasteiger partial charge in [-0.1, -0.05) is 6.07 Å². The number of nitrogens with zero attached hydrogens (tertiary/aromatic N) is 2. The minimum absolute atomic E-state index is 0.0216. The van der Waals surface area contributed by atoms with E-state index in [0.29, 0.717) is 31.3 Å². The van der Waals surface area contributed by atoms with Gasteiger partial charge in [-0.05, 0) is 36.6 Å². The van der Waals surface area contributed by atoms with Gasteiger partial charge < -0.3 is 24.4 Å². The average molecular weight is 369 g/mol. The summed E-state index contributed by atoms with van der Waals surface area (Å²) in [5.41, 5.74) is 1.71. The Balaban J connectivity index is 1.49. The molecule has 0 bridgehead atoms. The summed E-state index contributed by atoms with van der Waals surface area (Å²) in [6.45, 7) is 2.03. The van der Waals surface area contributed by atoms with Crippen LogP contribution in [-0.4, -0.2) is 42.8 Å². The first kappa shape index (κ1) is 17.5. The third kappa shape index (κ3) is 3.77. The molecule has 1 aromatic heterocycles. The van der Waals surface area contributed by atoms with Crippen LogP contribution in [0, 0.1) is 0 Å². The van der Waals surface area contributed by atoms with Crippen LogP contribution in [0.5, 0.6) is 17.4 Å². The van der Waals surface area contributed by atoms with Crippen molar-refractivity contribution in [3.63, 3.8) is 0 Å². The number of methoxy groups -OCH3 is 1. The molecule has 0 unspecified atom stereocenters. The van der Waals surface area contributed by atoms with Crippen molar-refractivity contribution in [2.75, 3.05) is 32.2 Å². The fraction of sp³-hybridized carbons (Fsp3) is 0.400. The van der Waals surface area contributed by atoms with Gasteiger partial charge in [0.2, 0.25) is 5.88 Å². The molecule has 7 nitrogen and oxygen atoms in total. The molecule has 1 atom stereocenters. The van der Waals surface area contributed by atoms with Crippen LogP contribution < -0.4 is 19.5 Å². The Hall–Kier alpha value is -2.96. The van der Waals surface area contributed by atoms with E-state index in [4.69, 9.17) is 14.2 Å². The fourth-order valence-corrected chi connectivity index (χ4v) is 3.51. The minimum atomic E-state index is -0.128. The number of amides is 2. The molecular weight excluding hydrogens is 346 g/mol. The van der Waals surface area contributed by atoms with Gasteiger partial charge in [0.05, 0.1) is 38.2 Å². The summed E-state index contributed by atoms with van der Waals surface area (Å²) < 4.78 is 16.5. The molecule has 0 saturated carbocycles. The predicted molar refractivity (Wildman–Crippen MR) is 101 cm³/mol. The number of hydrogen-bond donors (Lipinski definition) is 1. The summed E-state index contributed by atoms with van der Waals surface area (Å²) in [6, 6.07) is 9.37. The highest BCUT2D eigenvalue weighted by molar-refractivity contribution is 5.89. The SMILES string of the molecule is COc1ccc(NC(=O)N2CCC[C@H]2c2ccc3c(c2)OCCCO3)cn1. The topological polar surface area (TPSA) is 72.9 Å². The van der Waals surface area contributed by atoms with Crippen molar-refractivity contribution in [3.05, 3.63) is 42.1 Å². The van der Waals surface area contributed by atoms with Gasteiger partial charge in [-0.2, -0.15) is 0 Å². The third-order valence-electron chi connectivity index (χ3n) is 4.87. The Morgan fingerprint density at radius 3 is 2.81 bits per heavy atom. The predicted octanol–water partition coefficient (Wildman–Crippen LogP) is 3.62. The lowest BCUT2D eigenvalue weighted by Gasteiger charge is -2.26. The van der Waals surface area contributed by atoms with Gasteiger partial charge in [-0.3, -0.25) is 0 Å². The molecule has 2 aliphatic heterocycles. The molecule has 1 fully saturated rings. The second-order valence-electron chi connectivity index (χ2n) is 6.63. The molecule has 4 rings (SSSR count). The van der Waals surface area contributed by atoms with Crippen LogP contribution in [0.3, 0.4) is 0 Å². The number of carbonyl (C=O) groups is 1. The molecule has 1 N–H and O–H groups in total. The molecule has 2 aromatic rings. The van der Waals surface area contributed by atoms with Crippen molar-refractivity contribution in [3.8, 4) is 17.4 Å². The first-order chi connectivity index (χ1) is 13.2. The van der Waals surface area contributed by atoms with E-state index in [9.17, 15) is 4.79 Å². The zero-order chi connectivity index (χ0) is 18.6. The third-order valence-corrected chi connectivity index (χ3v) is 4.87. The van der Waals surface area contributed by atoms with E-state index in [2.05, 4.69) is 10.3 Å². The lowest BCUT2D eigenvalue weighted by molar-refractivity contribution is 0.207. The summed E-state index contributed by atoms with van der Waals surface area (Å²) in [5, 5.41) is 2.92. The molecule has 142 valence electrons. The average Bonchev–Trinajstić information content (AvgIpc) is 3.07. The van der Waals surface area contributed by atoms with E-state index < -0.39 is 0 Å². The number of carbonyl (C=O) groups excluding carboxylic acids is 1. The van der Waals surface area contributed by atoms with Crippen LogP contribution in [0.4, 0.5) is 10.5 Å². The highest BCUT2D eigenvalue weighted by atomic mass is 16.5. The van der Waals surface area contributed by atoms with E-state index in [0.717, 1.165) is 36.3 Å². The van der Waals surface area contributed by atoms with Crippen molar-refractivity contribution in [1.29, 1.82) is 0 Å². The normalized spacial score (nSPS) is 18.7. The molecule has 7 heteroatoms. The Bertz CT molecular complexity index is 809. The van der Waals surface area contributed by atoms with Crippen LogP contribution >= 0.6 is 0 Å². The fourth-order valence-electron chi connectivity index (χ4n) is 3.51. The number of ether oxygens (including phenoxy) is 3. The monoisotopic (exact) mass is 369 g/mol. The highest BCUT2D eigenvalue weighted by Crippen LogP contribution is 2.38. The first-order valence-electron chi connectivity index (χ1n) is 9.22. The van der Waals surface area contributed by atoms with Crippen molar-refractivity contribution in [2.24, 2.45) is 0 Å². The quantitative estimate of drug-likeness (QED) is 0.895. The molecular formula is C20H23N3O4. The number of fused-ring (bicyclic) bond motifs is 1. The van der Waals surface area contributed by atoms with Gasteiger partial charge in [-0.15, -0.1) is 0 Å². The number of benzene rings is 1. The molecule has 3 heterocycles. The summed E-state index contributed by atoms with van der Waals surface area (Å²) >= 11 is 0. The number of aromatic nitrogens is 1. The Labute approximate surface area is 158 Å². The van der Waals surface area contributed by atoms with Crippen LogP contribution in [0.15, 0.2) is 36.5 Å². The summed E-state index contributed by atoms with van der Waals surface area (Å²) in [5.74, 6) is 2.05.